The first-order chi connectivity index (χ1) is 14.8. The SMILES string of the molecule is CC(C)(C)OC(=O)N1C[C@@H](n2cc(C(=O)O)cn2)[C@H](OCc2ccc(C(F)(F)F)cc2)C1. The van der Waals surface area contributed by atoms with Crippen LogP contribution in [-0.2, 0) is 22.3 Å². The Kier molecular flexibility index (Phi) is 6.49. The zero-order chi connectivity index (χ0) is 23.7. The number of halogens is 3. The number of hydrogen-bond donors (Lipinski definition) is 1. The monoisotopic (exact) mass is 455 g/mol. The number of carbonyl (C=O) groups excluding carboxylic acids is 1. The lowest BCUT2D eigenvalue weighted by atomic mass is 10.1. The van der Waals surface area contributed by atoms with Gasteiger partial charge < -0.3 is 19.5 Å². The van der Waals surface area contributed by atoms with Crippen molar-refractivity contribution in [3.63, 3.8) is 0 Å². The van der Waals surface area contributed by atoms with E-state index in [1.165, 1.54) is 34.1 Å². The third-order valence-corrected chi connectivity index (χ3v) is 4.82. The molecule has 2 aromatic rings. The number of carboxylic acid groups (broad SMARTS) is 1. The molecule has 8 nitrogen and oxygen atoms in total. The van der Waals surface area contributed by atoms with Gasteiger partial charge in [-0.1, -0.05) is 12.1 Å². The van der Waals surface area contributed by atoms with Crippen LogP contribution in [-0.4, -0.2) is 56.6 Å². The molecular weight excluding hydrogens is 431 g/mol. The maximum absolute atomic E-state index is 12.8. The summed E-state index contributed by atoms with van der Waals surface area (Å²) in [6.07, 6.45) is -3.00. The third-order valence-electron chi connectivity index (χ3n) is 4.82. The van der Waals surface area contributed by atoms with Gasteiger partial charge in [-0.05, 0) is 38.5 Å². The van der Waals surface area contributed by atoms with Crippen molar-refractivity contribution in [1.29, 1.82) is 0 Å². The number of carboxylic acids is 1. The topological polar surface area (TPSA) is 93.9 Å². The van der Waals surface area contributed by atoms with Gasteiger partial charge >= 0.3 is 18.2 Å². The van der Waals surface area contributed by atoms with Crippen molar-refractivity contribution in [1.82, 2.24) is 14.7 Å². The average molecular weight is 455 g/mol. The molecule has 1 aromatic heterocycles. The van der Waals surface area contributed by atoms with Crippen molar-refractivity contribution in [2.24, 2.45) is 0 Å². The predicted octanol–water partition coefficient (Wildman–Crippen LogP) is 3.98. The van der Waals surface area contributed by atoms with Gasteiger partial charge in [-0.15, -0.1) is 0 Å². The largest absolute Gasteiger partial charge is 0.478 e. The molecule has 1 saturated heterocycles. The van der Waals surface area contributed by atoms with Crippen LogP contribution < -0.4 is 0 Å². The number of nitrogens with zero attached hydrogens (tertiary/aromatic N) is 3. The van der Waals surface area contributed by atoms with E-state index in [4.69, 9.17) is 14.6 Å². The summed E-state index contributed by atoms with van der Waals surface area (Å²) >= 11 is 0. The second kappa shape index (κ2) is 8.81. The van der Waals surface area contributed by atoms with Gasteiger partial charge in [0.25, 0.3) is 0 Å². The highest BCUT2D eigenvalue weighted by molar-refractivity contribution is 5.86. The molecule has 1 amide bonds. The van der Waals surface area contributed by atoms with Gasteiger partial charge in [-0.3, -0.25) is 4.68 Å². The van der Waals surface area contributed by atoms with Crippen molar-refractivity contribution < 1.29 is 37.3 Å². The number of amides is 1. The Labute approximate surface area is 182 Å². The molecule has 1 fully saturated rings. The molecule has 174 valence electrons. The van der Waals surface area contributed by atoms with Crippen LogP contribution in [0.5, 0.6) is 0 Å². The van der Waals surface area contributed by atoms with Gasteiger partial charge in [0.05, 0.1) is 42.6 Å². The zero-order valence-electron chi connectivity index (χ0n) is 17.8. The molecule has 0 spiro atoms. The van der Waals surface area contributed by atoms with E-state index in [0.29, 0.717) is 5.56 Å². The van der Waals surface area contributed by atoms with Crippen LogP contribution in [0.4, 0.5) is 18.0 Å². The molecule has 1 aliphatic rings. The Morgan fingerprint density at radius 2 is 1.81 bits per heavy atom. The first-order valence-corrected chi connectivity index (χ1v) is 9.86. The van der Waals surface area contributed by atoms with E-state index < -0.39 is 41.5 Å². The van der Waals surface area contributed by atoms with E-state index in [1.54, 1.807) is 20.8 Å². The molecular formula is C21H24F3N3O5. The van der Waals surface area contributed by atoms with Crippen molar-refractivity contribution in [2.45, 2.75) is 51.3 Å². The van der Waals surface area contributed by atoms with Crippen molar-refractivity contribution in [2.75, 3.05) is 13.1 Å². The fourth-order valence-electron chi connectivity index (χ4n) is 3.27. The van der Waals surface area contributed by atoms with Gasteiger partial charge in [0.2, 0.25) is 0 Å². The highest BCUT2D eigenvalue weighted by atomic mass is 19.4. The summed E-state index contributed by atoms with van der Waals surface area (Å²) in [5.41, 5.74) is -0.941. The quantitative estimate of drug-likeness (QED) is 0.733. The summed E-state index contributed by atoms with van der Waals surface area (Å²) < 4.78 is 51.0. The van der Waals surface area contributed by atoms with Crippen LogP contribution in [0.15, 0.2) is 36.7 Å². The molecule has 2 atom stereocenters. The lowest BCUT2D eigenvalue weighted by molar-refractivity contribution is -0.137. The Balaban J connectivity index is 1.75. The summed E-state index contributed by atoms with van der Waals surface area (Å²) in [5, 5.41) is 13.2. The third kappa shape index (κ3) is 5.78. The van der Waals surface area contributed by atoms with E-state index in [2.05, 4.69) is 5.10 Å². The molecule has 0 aliphatic carbocycles. The first-order valence-electron chi connectivity index (χ1n) is 9.86. The fraction of sp³-hybridized carbons (Fsp3) is 0.476. The zero-order valence-corrected chi connectivity index (χ0v) is 17.8. The number of benzene rings is 1. The van der Waals surface area contributed by atoms with Crippen LogP contribution in [0, 0.1) is 0 Å². The minimum atomic E-state index is -4.42. The number of ether oxygens (including phenoxy) is 2. The van der Waals surface area contributed by atoms with Crippen molar-refractivity contribution in [3.05, 3.63) is 53.3 Å². The summed E-state index contributed by atoms with van der Waals surface area (Å²) in [6, 6.07) is 4.11. The summed E-state index contributed by atoms with van der Waals surface area (Å²) in [6.45, 7) is 5.56. The highest BCUT2D eigenvalue weighted by Gasteiger charge is 2.39. The van der Waals surface area contributed by atoms with Crippen LogP contribution in [0.3, 0.4) is 0 Å². The van der Waals surface area contributed by atoms with Gasteiger partial charge in [0.1, 0.15) is 5.60 Å². The molecule has 1 aliphatic heterocycles. The number of rotatable bonds is 5. The molecule has 0 radical (unpaired) electrons. The summed E-state index contributed by atoms with van der Waals surface area (Å²) in [5.74, 6) is -1.14. The van der Waals surface area contributed by atoms with Crippen LogP contribution in [0.2, 0.25) is 0 Å². The van der Waals surface area contributed by atoms with Crippen LogP contribution >= 0.6 is 0 Å². The molecule has 0 saturated carbocycles. The van der Waals surface area contributed by atoms with Gasteiger partial charge in [0.15, 0.2) is 0 Å². The normalized spacial score (nSPS) is 19.2. The van der Waals surface area contributed by atoms with E-state index in [-0.39, 0.29) is 25.3 Å². The van der Waals surface area contributed by atoms with Crippen LogP contribution in [0.1, 0.15) is 48.3 Å². The first kappa shape index (κ1) is 23.6. The minimum Gasteiger partial charge on any atom is -0.478 e. The maximum atomic E-state index is 12.8. The number of aromatic carboxylic acids is 1. The van der Waals surface area contributed by atoms with Gasteiger partial charge in [-0.2, -0.15) is 18.3 Å². The standard InChI is InChI=1S/C21H24F3N3O5/c1-20(2,3)32-19(30)26-10-16(27-9-14(8-25-27)18(28)29)17(11-26)31-12-13-4-6-15(7-5-13)21(22,23)24/h4-9,16-17H,10-12H2,1-3H3,(H,28,29)/t16-,17-/m1/s1. The lowest BCUT2D eigenvalue weighted by Crippen LogP contribution is -2.36. The molecule has 0 unspecified atom stereocenters. The Morgan fingerprint density at radius 3 is 2.34 bits per heavy atom. The number of hydrogen-bond acceptors (Lipinski definition) is 5. The van der Waals surface area contributed by atoms with E-state index in [0.717, 1.165) is 12.1 Å². The number of carbonyl (C=O) groups is 2. The molecule has 0 bridgehead atoms. The predicted molar refractivity (Wildman–Crippen MR) is 106 cm³/mol. The molecule has 1 aromatic carbocycles. The summed E-state index contributed by atoms with van der Waals surface area (Å²) in [4.78, 5) is 25.2. The van der Waals surface area contributed by atoms with E-state index in [9.17, 15) is 22.8 Å². The molecule has 1 N–H and O–H groups in total. The van der Waals surface area contributed by atoms with E-state index >= 15 is 0 Å². The lowest BCUT2D eigenvalue weighted by Gasteiger charge is -2.24. The average Bonchev–Trinajstić information content (AvgIpc) is 3.32. The van der Waals surface area contributed by atoms with E-state index in [1.807, 2.05) is 0 Å². The molecule has 3 rings (SSSR count). The Bertz CT molecular complexity index is 966. The van der Waals surface area contributed by atoms with Gasteiger partial charge in [-0.25, -0.2) is 9.59 Å². The highest BCUT2D eigenvalue weighted by Crippen LogP contribution is 2.30. The Hall–Kier alpha value is -3.08. The van der Waals surface area contributed by atoms with Crippen molar-refractivity contribution >= 4 is 12.1 Å². The molecule has 11 heteroatoms. The van der Waals surface area contributed by atoms with Crippen LogP contribution in [0.25, 0.3) is 0 Å². The number of aromatic nitrogens is 2. The second-order valence-electron chi connectivity index (χ2n) is 8.51. The number of likely N-dealkylation sites (tertiary alicyclic amines) is 1. The minimum absolute atomic E-state index is 0.00845. The number of alkyl halides is 3. The molecule has 32 heavy (non-hydrogen) atoms. The smallest absolute Gasteiger partial charge is 0.416 e. The second-order valence-corrected chi connectivity index (χ2v) is 8.51. The van der Waals surface area contributed by atoms with Crippen molar-refractivity contribution in [3.8, 4) is 0 Å². The van der Waals surface area contributed by atoms with Gasteiger partial charge in [0, 0.05) is 12.7 Å². The maximum Gasteiger partial charge on any atom is 0.416 e. The Morgan fingerprint density at radius 1 is 1.16 bits per heavy atom. The molecule has 2 heterocycles. The summed E-state index contributed by atoms with van der Waals surface area (Å²) in [7, 11) is 0. The fourth-order valence-corrected chi connectivity index (χ4v) is 3.27.